The molecule has 0 radical (unpaired) electrons. The minimum Gasteiger partial charge on any atom is -0.493 e. The topological polar surface area (TPSA) is 84.6 Å². The summed E-state index contributed by atoms with van der Waals surface area (Å²) < 4.78 is 11.6. The van der Waals surface area contributed by atoms with E-state index in [2.05, 4.69) is 10.3 Å². The summed E-state index contributed by atoms with van der Waals surface area (Å²) >= 11 is 3.21. The zero-order valence-corrected chi connectivity index (χ0v) is 16.9. The lowest BCUT2D eigenvalue weighted by Gasteiger charge is -2.12. The molecule has 2 atom stereocenters. The number of benzene rings is 1. The van der Waals surface area contributed by atoms with Crippen molar-refractivity contribution in [2.75, 3.05) is 12.4 Å². The van der Waals surface area contributed by atoms with Crippen LogP contribution in [0, 0.1) is 6.92 Å². The van der Waals surface area contributed by atoms with Crippen LogP contribution in [0.15, 0.2) is 46.2 Å². The number of oxazole rings is 1. The summed E-state index contributed by atoms with van der Waals surface area (Å²) in [4.78, 5) is 16.7. The zero-order valence-electron chi connectivity index (χ0n) is 15.3. The number of nitrogens with zero attached hydrogens (tertiary/aromatic N) is 1. The number of aromatic nitrogens is 1. The van der Waals surface area contributed by atoms with Gasteiger partial charge in [-0.1, -0.05) is 18.2 Å². The van der Waals surface area contributed by atoms with E-state index in [1.807, 2.05) is 48.7 Å². The fraction of sp³-hybridized carbons (Fsp3) is 0.300. The van der Waals surface area contributed by atoms with Crippen molar-refractivity contribution in [3.05, 3.63) is 58.8 Å². The molecule has 1 aliphatic rings. The summed E-state index contributed by atoms with van der Waals surface area (Å²) in [6.45, 7) is 2.43. The van der Waals surface area contributed by atoms with Crippen LogP contribution >= 0.6 is 23.1 Å². The molecule has 3 aromatic rings. The fourth-order valence-corrected chi connectivity index (χ4v) is 4.86. The van der Waals surface area contributed by atoms with Gasteiger partial charge in [0.15, 0.2) is 0 Å². The Balaban J connectivity index is 1.31. The Morgan fingerprint density at radius 3 is 2.86 bits per heavy atom. The molecule has 2 aromatic heterocycles. The largest absolute Gasteiger partial charge is 0.493 e. The number of carbonyl (C=O) groups is 1. The molecule has 3 heterocycles. The minimum atomic E-state index is -0.805. The summed E-state index contributed by atoms with van der Waals surface area (Å²) in [5.41, 5.74) is 1.96. The number of nitrogens with one attached hydrogen (secondary N) is 1. The van der Waals surface area contributed by atoms with Crippen LogP contribution < -0.4 is 10.1 Å². The molecule has 8 heteroatoms. The van der Waals surface area contributed by atoms with E-state index in [-0.39, 0.29) is 5.37 Å². The molecule has 0 bridgehead atoms. The SMILES string of the molecule is Cc1oc(-c2cccs2)nc1CCOc1ccc(C2NC(C(=O)O)CS2)cc1. The second-order valence-corrected chi connectivity index (χ2v) is 8.52. The average molecular weight is 417 g/mol. The van der Waals surface area contributed by atoms with Gasteiger partial charge in [0.2, 0.25) is 5.89 Å². The van der Waals surface area contributed by atoms with Crippen molar-refractivity contribution in [2.24, 2.45) is 0 Å². The van der Waals surface area contributed by atoms with Gasteiger partial charge in [-0.25, -0.2) is 4.98 Å². The molecule has 0 amide bonds. The van der Waals surface area contributed by atoms with Crippen molar-refractivity contribution >= 4 is 29.1 Å². The molecular weight excluding hydrogens is 396 g/mol. The van der Waals surface area contributed by atoms with E-state index in [1.165, 1.54) is 0 Å². The van der Waals surface area contributed by atoms with Gasteiger partial charge in [-0.3, -0.25) is 10.1 Å². The maximum Gasteiger partial charge on any atom is 0.321 e. The van der Waals surface area contributed by atoms with E-state index >= 15 is 0 Å². The van der Waals surface area contributed by atoms with Crippen LogP contribution in [0.4, 0.5) is 0 Å². The number of thiophene rings is 1. The lowest BCUT2D eigenvalue weighted by molar-refractivity contribution is -0.138. The molecule has 0 spiro atoms. The van der Waals surface area contributed by atoms with Gasteiger partial charge < -0.3 is 14.3 Å². The van der Waals surface area contributed by atoms with Crippen molar-refractivity contribution in [3.63, 3.8) is 0 Å². The summed E-state index contributed by atoms with van der Waals surface area (Å²) in [6.07, 6.45) is 0.669. The molecule has 0 saturated carbocycles. The number of aliphatic carboxylic acids is 1. The zero-order chi connectivity index (χ0) is 19.5. The van der Waals surface area contributed by atoms with Crippen molar-refractivity contribution in [1.82, 2.24) is 10.3 Å². The monoisotopic (exact) mass is 416 g/mol. The molecule has 2 unspecified atom stereocenters. The summed E-state index contributed by atoms with van der Waals surface area (Å²) in [5.74, 6) is 2.03. The van der Waals surface area contributed by atoms with Gasteiger partial charge in [0.05, 0.1) is 22.6 Å². The molecular formula is C20H20N2O4S2. The molecule has 4 rings (SSSR count). The van der Waals surface area contributed by atoms with Gasteiger partial charge >= 0.3 is 5.97 Å². The first-order chi connectivity index (χ1) is 13.6. The highest BCUT2D eigenvalue weighted by Crippen LogP contribution is 2.33. The van der Waals surface area contributed by atoms with E-state index in [0.29, 0.717) is 24.7 Å². The number of carboxylic acids is 1. The van der Waals surface area contributed by atoms with Gasteiger partial charge in [-0.15, -0.1) is 23.1 Å². The Morgan fingerprint density at radius 2 is 2.18 bits per heavy atom. The lowest BCUT2D eigenvalue weighted by atomic mass is 10.2. The summed E-state index contributed by atoms with van der Waals surface area (Å²) in [5, 5.41) is 14.2. The van der Waals surface area contributed by atoms with Crippen molar-refractivity contribution in [1.29, 1.82) is 0 Å². The number of ether oxygens (including phenoxy) is 1. The van der Waals surface area contributed by atoms with Crippen LogP contribution in [0.5, 0.6) is 5.75 Å². The number of rotatable bonds is 7. The maximum atomic E-state index is 11.1. The van der Waals surface area contributed by atoms with Gasteiger partial charge in [-0.2, -0.15) is 0 Å². The Morgan fingerprint density at radius 1 is 1.36 bits per heavy atom. The van der Waals surface area contributed by atoms with Crippen LogP contribution in [0.2, 0.25) is 0 Å². The molecule has 28 heavy (non-hydrogen) atoms. The number of hydrogen-bond acceptors (Lipinski definition) is 7. The number of carboxylic acid groups (broad SMARTS) is 1. The standard InChI is InChI=1S/C20H20N2O4S2/c1-12-15(21-18(26-12)17-3-2-10-27-17)8-9-25-14-6-4-13(5-7-14)19-22-16(11-28-19)20(23)24/h2-7,10,16,19,22H,8-9,11H2,1H3,(H,23,24). The van der Waals surface area contributed by atoms with Crippen molar-refractivity contribution < 1.29 is 19.1 Å². The van der Waals surface area contributed by atoms with Crippen LogP contribution in [0.1, 0.15) is 22.4 Å². The van der Waals surface area contributed by atoms with Gasteiger partial charge in [0.1, 0.15) is 17.6 Å². The van der Waals surface area contributed by atoms with Crippen LogP contribution in [-0.4, -0.2) is 34.5 Å². The Hall–Kier alpha value is -2.29. The first-order valence-electron chi connectivity index (χ1n) is 8.93. The predicted octanol–water partition coefficient (Wildman–Crippen LogP) is 4.12. The number of thioether (sulfide) groups is 1. The third kappa shape index (κ3) is 4.24. The molecule has 0 aliphatic carbocycles. The number of hydrogen-bond donors (Lipinski definition) is 2. The van der Waals surface area contributed by atoms with E-state index in [1.54, 1.807) is 23.1 Å². The fourth-order valence-electron chi connectivity index (χ4n) is 2.98. The van der Waals surface area contributed by atoms with E-state index in [9.17, 15) is 4.79 Å². The van der Waals surface area contributed by atoms with Gasteiger partial charge in [-0.05, 0) is 36.1 Å². The summed E-state index contributed by atoms with van der Waals surface area (Å²) in [6, 6.07) is 11.3. The second kappa shape index (κ2) is 8.38. The van der Waals surface area contributed by atoms with Crippen LogP contribution in [0.25, 0.3) is 10.8 Å². The number of aryl methyl sites for hydroxylation is 1. The Bertz CT molecular complexity index is 938. The minimum absolute atomic E-state index is 0.00334. The van der Waals surface area contributed by atoms with Crippen LogP contribution in [0.3, 0.4) is 0 Å². The highest BCUT2D eigenvalue weighted by Gasteiger charge is 2.30. The van der Waals surface area contributed by atoms with Gasteiger partial charge in [0.25, 0.3) is 0 Å². The predicted molar refractivity (Wildman–Crippen MR) is 110 cm³/mol. The highest BCUT2D eigenvalue weighted by atomic mass is 32.2. The highest BCUT2D eigenvalue weighted by molar-refractivity contribution is 7.99. The molecule has 1 fully saturated rings. The molecule has 6 nitrogen and oxygen atoms in total. The molecule has 1 saturated heterocycles. The first-order valence-corrected chi connectivity index (χ1v) is 10.9. The van der Waals surface area contributed by atoms with Crippen molar-refractivity contribution in [2.45, 2.75) is 24.8 Å². The lowest BCUT2D eigenvalue weighted by Crippen LogP contribution is -2.33. The van der Waals surface area contributed by atoms with E-state index in [0.717, 1.165) is 27.6 Å². The molecule has 2 N–H and O–H groups in total. The average Bonchev–Trinajstić information content (AvgIpc) is 3.44. The molecule has 1 aromatic carbocycles. The Labute approximate surface area is 170 Å². The van der Waals surface area contributed by atoms with Crippen LogP contribution in [-0.2, 0) is 11.2 Å². The quantitative estimate of drug-likeness (QED) is 0.599. The first kappa shape index (κ1) is 19.0. The maximum absolute atomic E-state index is 11.1. The molecule has 1 aliphatic heterocycles. The van der Waals surface area contributed by atoms with E-state index < -0.39 is 12.0 Å². The smallest absolute Gasteiger partial charge is 0.321 e. The van der Waals surface area contributed by atoms with E-state index in [4.69, 9.17) is 14.3 Å². The second-order valence-electron chi connectivity index (χ2n) is 6.44. The summed E-state index contributed by atoms with van der Waals surface area (Å²) in [7, 11) is 0. The van der Waals surface area contributed by atoms with Gasteiger partial charge in [0, 0.05) is 12.2 Å². The normalized spacial score (nSPS) is 19.0. The molecule has 146 valence electrons. The third-order valence-corrected chi connectivity index (χ3v) is 6.62. The van der Waals surface area contributed by atoms with Crippen molar-refractivity contribution in [3.8, 4) is 16.5 Å². The third-order valence-electron chi connectivity index (χ3n) is 4.50. The Kier molecular flexibility index (Phi) is 5.70.